The molecule has 5 heteroatoms. The van der Waals surface area contributed by atoms with Gasteiger partial charge < -0.3 is 17.2 Å². The van der Waals surface area contributed by atoms with Crippen molar-refractivity contribution in [3.05, 3.63) is 12.1 Å². The van der Waals surface area contributed by atoms with E-state index in [1.807, 2.05) is 6.07 Å². The summed E-state index contributed by atoms with van der Waals surface area (Å²) < 4.78 is 0.971. The van der Waals surface area contributed by atoms with Crippen molar-refractivity contribution >= 4 is 38.1 Å². The van der Waals surface area contributed by atoms with E-state index in [-0.39, 0.29) is 0 Å². The first kappa shape index (κ1) is 7.17. The highest BCUT2D eigenvalue weighted by Gasteiger charge is 2.05. The summed E-state index contributed by atoms with van der Waals surface area (Å²) in [5, 5.41) is 0.516. The van der Waals surface area contributed by atoms with Crippen molar-refractivity contribution < 1.29 is 0 Å². The van der Waals surface area contributed by atoms with Crippen molar-refractivity contribution in [2.45, 2.75) is 0 Å². The highest BCUT2D eigenvalue weighted by Crippen LogP contribution is 2.31. The zero-order chi connectivity index (χ0) is 8.72. The van der Waals surface area contributed by atoms with Gasteiger partial charge in [0.25, 0.3) is 0 Å². The van der Waals surface area contributed by atoms with Crippen LogP contribution in [0.1, 0.15) is 0 Å². The average Bonchev–Trinajstić information content (AvgIpc) is 2.39. The second-order valence-electron chi connectivity index (χ2n) is 2.47. The third-order valence-corrected chi connectivity index (χ3v) is 2.50. The number of fused-ring (bicyclic) bond motifs is 1. The fraction of sp³-hybridized carbons (Fsp3) is 0. The highest BCUT2D eigenvalue weighted by molar-refractivity contribution is 7.22. The minimum Gasteiger partial charge on any atom is -0.397 e. The summed E-state index contributed by atoms with van der Waals surface area (Å²) in [6, 6.07) is 3.63. The van der Waals surface area contributed by atoms with Gasteiger partial charge in [-0.1, -0.05) is 11.3 Å². The van der Waals surface area contributed by atoms with E-state index < -0.39 is 0 Å². The van der Waals surface area contributed by atoms with Gasteiger partial charge in [-0.25, -0.2) is 4.98 Å². The summed E-state index contributed by atoms with van der Waals surface area (Å²) in [5.74, 6) is 0. The Morgan fingerprint density at radius 2 is 1.92 bits per heavy atom. The molecule has 1 heterocycles. The normalized spacial score (nSPS) is 10.7. The SMILES string of the molecule is Nc1nc2c(N)c(N)ccc2s1. The fourth-order valence-corrected chi connectivity index (χ4v) is 1.80. The third kappa shape index (κ3) is 0.868. The van der Waals surface area contributed by atoms with Crippen LogP contribution in [0.5, 0.6) is 0 Å². The van der Waals surface area contributed by atoms with Crippen LogP contribution in [-0.4, -0.2) is 4.98 Å². The van der Waals surface area contributed by atoms with E-state index in [9.17, 15) is 0 Å². The molecule has 0 amide bonds. The summed E-state index contributed by atoms with van der Waals surface area (Å²) in [6.07, 6.45) is 0. The van der Waals surface area contributed by atoms with Gasteiger partial charge in [-0.15, -0.1) is 0 Å². The fourth-order valence-electron chi connectivity index (χ4n) is 1.05. The lowest BCUT2D eigenvalue weighted by Gasteiger charge is -1.97. The van der Waals surface area contributed by atoms with E-state index >= 15 is 0 Å². The lowest BCUT2D eigenvalue weighted by molar-refractivity contribution is 1.49. The molecule has 6 N–H and O–H groups in total. The highest BCUT2D eigenvalue weighted by atomic mass is 32.1. The van der Waals surface area contributed by atoms with Crippen molar-refractivity contribution in [1.82, 2.24) is 4.98 Å². The van der Waals surface area contributed by atoms with E-state index in [2.05, 4.69) is 4.98 Å². The third-order valence-electron chi connectivity index (χ3n) is 1.65. The first-order valence-corrected chi connectivity index (χ1v) is 4.20. The number of thiazole rings is 1. The Balaban J connectivity index is 2.89. The van der Waals surface area contributed by atoms with Crippen LogP contribution in [-0.2, 0) is 0 Å². The Morgan fingerprint density at radius 3 is 2.67 bits per heavy atom. The van der Waals surface area contributed by atoms with Crippen LogP contribution in [0, 0.1) is 0 Å². The van der Waals surface area contributed by atoms with Gasteiger partial charge in [0.05, 0.1) is 16.1 Å². The number of anilines is 3. The standard InChI is InChI=1S/C7H8N4S/c8-3-1-2-4-6(5(3)9)11-7(10)12-4/h1-2H,8-9H2,(H2,10,11). The molecule has 1 aromatic heterocycles. The summed E-state index contributed by atoms with van der Waals surface area (Å²) in [5.41, 5.74) is 18.6. The maximum absolute atomic E-state index is 5.70. The van der Waals surface area contributed by atoms with Gasteiger partial charge in [-0.2, -0.15) is 0 Å². The maximum atomic E-state index is 5.70. The van der Waals surface area contributed by atoms with E-state index in [1.165, 1.54) is 11.3 Å². The van der Waals surface area contributed by atoms with E-state index in [0.29, 0.717) is 22.0 Å². The molecular weight excluding hydrogens is 172 g/mol. The predicted octanol–water partition coefficient (Wildman–Crippen LogP) is 1.04. The minimum atomic E-state index is 0.514. The first-order valence-electron chi connectivity index (χ1n) is 3.38. The minimum absolute atomic E-state index is 0.514. The van der Waals surface area contributed by atoms with E-state index in [0.717, 1.165) is 4.70 Å². The number of benzene rings is 1. The lowest BCUT2D eigenvalue weighted by atomic mass is 10.2. The van der Waals surface area contributed by atoms with Crippen molar-refractivity contribution in [2.24, 2.45) is 0 Å². The zero-order valence-corrected chi connectivity index (χ0v) is 7.06. The van der Waals surface area contributed by atoms with Crippen LogP contribution in [0.15, 0.2) is 12.1 Å². The molecule has 2 rings (SSSR count). The maximum Gasteiger partial charge on any atom is 0.181 e. The van der Waals surface area contributed by atoms with Crippen LogP contribution >= 0.6 is 11.3 Å². The molecule has 12 heavy (non-hydrogen) atoms. The monoisotopic (exact) mass is 180 g/mol. The Hall–Kier alpha value is -1.49. The number of nitrogen functional groups attached to an aromatic ring is 3. The molecule has 4 nitrogen and oxygen atoms in total. The topological polar surface area (TPSA) is 90.9 Å². The summed E-state index contributed by atoms with van der Waals surface area (Å²) in [6.45, 7) is 0. The Kier molecular flexibility index (Phi) is 1.34. The van der Waals surface area contributed by atoms with Crippen molar-refractivity contribution in [1.29, 1.82) is 0 Å². The van der Waals surface area contributed by atoms with Gasteiger partial charge in [0, 0.05) is 0 Å². The van der Waals surface area contributed by atoms with Gasteiger partial charge in [-0.05, 0) is 12.1 Å². The predicted molar refractivity (Wildman–Crippen MR) is 52.9 cm³/mol. The van der Waals surface area contributed by atoms with Crippen molar-refractivity contribution in [3.63, 3.8) is 0 Å². The summed E-state index contributed by atoms with van der Waals surface area (Å²) in [7, 11) is 0. The molecule has 0 saturated carbocycles. The number of hydrogen-bond acceptors (Lipinski definition) is 5. The number of rotatable bonds is 0. The first-order chi connectivity index (χ1) is 5.68. The molecule has 2 aromatic rings. The number of aromatic nitrogens is 1. The van der Waals surface area contributed by atoms with Crippen LogP contribution in [0.25, 0.3) is 10.2 Å². The Labute approximate surface area is 73.0 Å². The van der Waals surface area contributed by atoms with Crippen LogP contribution in [0.3, 0.4) is 0 Å². The van der Waals surface area contributed by atoms with Crippen molar-refractivity contribution in [3.8, 4) is 0 Å². The summed E-state index contributed by atoms with van der Waals surface area (Å²) in [4.78, 5) is 4.06. The average molecular weight is 180 g/mol. The molecule has 0 spiro atoms. The summed E-state index contributed by atoms with van der Waals surface area (Å²) >= 11 is 1.41. The Bertz CT molecular complexity index is 434. The molecule has 0 atom stereocenters. The lowest BCUT2D eigenvalue weighted by Crippen LogP contribution is -1.94. The molecule has 0 bridgehead atoms. The molecule has 0 radical (unpaired) electrons. The quantitative estimate of drug-likeness (QED) is 0.528. The second-order valence-corrected chi connectivity index (χ2v) is 3.53. The second kappa shape index (κ2) is 2.25. The van der Waals surface area contributed by atoms with Crippen LogP contribution in [0.2, 0.25) is 0 Å². The van der Waals surface area contributed by atoms with Crippen LogP contribution in [0.4, 0.5) is 16.5 Å². The Morgan fingerprint density at radius 1 is 1.17 bits per heavy atom. The van der Waals surface area contributed by atoms with Gasteiger partial charge in [0.2, 0.25) is 0 Å². The van der Waals surface area contributed by atoms with Crippen molar-refractivity contribution in [2.75, 3.05) is 17.2 Å². The zero-order valence-electron chi connectivity index (χ0n) is 6.24. The molecular formula is C7H8N4S. The number of nitrogens with two attached hydrogens (primary N) is 3. The van der Waals surface area contributed by atoms with Gasteiger partial charge >= 0.3 is 0 Å². The molecule has 0 aliphatic carbocycles. The molecule has 0 aliphatic heterocycles. The molecule has 0 unspecified atom stereocenters. The van der Waals surface area contributed by atoms with E-state index in [4.69, 9.17) is 17.2 Å². The number of hydrogen-bond donors (Lipinski definition) is 3. The molecule has 1 aromatic carbocycles. The van der Waals surface area contributed by atoms with Gasteiger partial charge in [0.15, 0.2) is 5.13 Å². The number of nitrogens with zero attached hydrogens (tertiary/aromatic N) is 1. The largest absolute Gasteiger partial charge is 0.397 e. The molecule has 0 aliphatic rings. The van der Waals surface area contributed by atoms with Crippen LogP contribution < -0.4 is 17.2 Å². The molecule has 0 fully saturated rings. The molecule has 0 saturated heterocycles. The smallest absolute Gasteiger partial charge is 0.181 e. The molecule has 62 valence electrons. The van der Waals surface area contributed by atoms with Gasteiger partial charge in [-0.3, -0.25) is 0 Å². The van der Waals surface area contributed by atoms with Gasteiger partial charge in [0.1, 0.15) is 5.52 Å². The van der Waals surface area contributed by atoms with E-state index in [1.54, 1.807) is 6.07 Å².